The van der Waals surface area contributed by atoms with Gasteiger partial charge in [-0.3, -0.25) is 0 Å². The summed E-state index contributed by atoms with van der Waals surface area (Å²) in [6.45, 7) is 11.4. The van der Waals surface area contributed by atoms with Crippen molar-refractivity contribution in [2.45, 2.75) is 54.4 Å². The van der Waals surface area contributed by atoms with Crippen LogP contribution in [0.3, 0.4) is 0 Å². The average Bonchev–Trinajstić information content (AvgIpc) is 2.55. The number of hydrogen-bond donors (Lipinski definition) is 4. The van der Waals surface area contributed by atoms with Crippen LogP contribution in [-0.2, 0) is 40.8 Å². The minimum atomic E-state index is -0.502. The fourth-order valence-corrected chi connectivity index (χ4v) is 0.709. The van der Waals surface area contributed by atoms with Crippen molar-refractivity contribution in [2.24, 2.45) is 0 Å². The van der Waals surface area contributed by atoms with Crippen LogP contribution in [0, 0.1) is 0 Å². The van der Waals surface area contributed by atoms with Crippen molar-refractivity contribution < 1.29 is 61.2 Å². The van der Waals surface area contributed by atoms with Crippen molar-refractivity contribution in [3.05, 3.63) is 23.7 Å². The second kappa shape index (κ2) is 32.3. The van der Waals surface area contributed by atoms with E-state index in [2.05, 4.69) is 9.47 Å². The fraction of sp³-hybridized carbons (Fsp3) is 0.667. The van der Waals surface area contributed by atoms with Gasteiger partial charge in [0.1, 0.15) is 0 Å². The Morgan fingerprint density at radius 1 is 0.741 bits per heavy atom. The number of allylic oxidation sites excluding steroid dienone is 2. The summed E-state index contributed by atoms with van der Waals surface area (Å²) in [6.07, 6.45) is 3.81. The van der Waals surface area contributed by atoms with E-state index in [1.807, 2.05) is 13.8 Å². The van der Waals surface area contributed by atoms with Gasteiger partial charge < -0.3 is 29.9 Å². The third-order valence-corrected chi connectivity index (χ3v) is 1.67. The van der Waals surface area contributed by atoms with E-state index in [4.69, 9.17) is 20.4 Å². The molecule has 27 heavy (non-hydrogen) atoms. The van der Waals surface area contributed by atoms with E-state index in [9.17, 15) is 9.59 Å². The molecule has 0 aliphatic heterocycles. The first-order valence-corrected chi connectivity index (χ1v) is 8.46. The van der Waals surface area contributed by atoms with Crippen LogP contribution in [0.5, 0.6) is 0 Å². The zero-order chi connectivity index (χ0) is 21.4. The van der Waals surface area contributed by atoms with Crippen molar-refractivity contribution in [2.75, 3.05) is 26.4 Å². The van der Waals surface area contributed by atoms with Gasteiger partial charge in [0, 0.05) is 34.9 Å². The van der Waals surface area contributed by atoms with Gasteiger partial charge in [0.05, 0.1) is 36.9 Å². The predicted octanol–water partition coefficient (Wildman–Crippen LogP) is 2.80. The van der Waals surface area contributed by atoms with E-state index in [0.29, 0.717) is 26.4 Å². The second-order valence-electron chi connectivity index (χ2n) is 4.52. The van der Waals surface area contributed by atoms with Gasteiger partial charge in [0.25, 0.3) is 0 Å². The molecule has 0 amide bonds. The fourth-order valence-electron chi connectivity index (χ4n) is 0.709. The molecule has 0 unspecified atom stereocenters. The zero-order valence-corrected chi connectivity index (χ0v) is 18.9. The monoisotopic (exact) mass is 428 g/mol. The molecule has 0 heterocycles. The Hall–Kier alpha value is -1.35. The summed E-state index contributed by atoms with van der Waals surface area (Å²) in [6, 6.07) is 0. The summed E-state index contributed by atoms with van der Waals surface area (Å²) in [5.74, 6) is -1.07. The number of carbonyl (C=O) groups is 2. The van der Waals surface area contributed by atoms with Gasteiger partial charge in [-0.2, -0.15) is 0 Å². The third-order valence-electron chi connectivity index (χ3n) is 1.67. The molecular formula is C18H36O8Ti. The normalized spacial score (nSPS) is 9.63. The molecule has 0 saturated carbocycles. The molecule has 160 valence electrons. The largest absolute Gasteiger partial charge is 0.512 e. The Labute approximate surface area is 177 Å². The predicted molar refractivity (Wildman–Crippen MR) is 101 cm³/mol. The molecule has 0 aliphatic rings. The Balaban J connectivity index is -0.0000000843. The number of rotatable bonds is 6. The van der Waals surface area contributed by atoms with Crippen LogP contribution in [-0.4, -0.2) is 58.8 Å². The van der Waals surface area contributed by atoms with Crippen LogP contribution in [0.25, 0.3) is 0 Å². The van der Waals surface area contributed by atoms with Crippen molar-refractivity contribution in [3.8, 4) is 0 Å². The van der Waals surface area contributed by atoms with E-state index in [1.165, 1.54) is 13.8 Å². The van der Waals surface area contributed by atoms with E-state index in [1.54, 1.807) is 13.8 Å². The number of esters is 2. The molecule has 0 aliphatic carbocycles. The first kappa shape index (κ1) is 36.6. The van der Waals surface area contributed by atoms with E-state index >= 15 is 0 Å². The van der Waals surface area contributed by atoms with Crippen LogP contribution in [0.2, 0.25) is 0 Å². The van der Waals surface area contributed by atoms with Crippen LogP contribution in [0.1, 0.15) is 54.4 Å². The topological polar surface area (TPSA) is 134 Å². The Morgan fingerprint density at radius 3 is 1.07 bits per heavy atom. The van der Waals surface area contributed by atoms with E-state index in [0.717, 1.165) is 25.0 Å². The van der Waals surface area contributed by atoms with Gasteiger partial charge in [0.2, 0.25) is 0 Å². The summed E-state index contributed by atoms with van der Waals surface area (Å²) >= 11 is 0. The Morgan fingerprint density at radius 2 is 0.963 bits per heavy atom. The van der Waals surface area contributed by atoms with Gasteiger partial charge in [-0.25, -0.2) is 9.59 Å². The Kier molecular flexibility index (Phi) is 43.8. The summed E-state index contributed by atoms with van der Waals surface area (Å²) in [7, 11) is 0. The molecule has 9 heteroatoms. The number of hydrogen-bond acceptors (Lipinski definition) is 8. The molecule has 0 atom stereocenters. The zero-order valence-electron chi connectivity index (χ0n) is 17.3. The Bertz CT molecular complexity index is 334. The summed E-state index contributed by atoms with van der Waals surface area (Å²) in [5.41, 5.74) is 0. The third kappa shape index (κ3) is 58.9. The molecule has 0 fully saturated rings. The van der Waals surface area contributed by atoms with E-state index < -0.39 is 11.9 Å². The molecule has 0 aromatic heterocycles. The van der Waals surface area contributed by atoms with Crippen molar-refractivity contribution in [1.82, 2.24) is 0 Å². The maximum absolute atomic E-state index is 10.4. The first-order valence-electron chi connectivity index (χ1n) is 8.46. The summed E-state index contributed by atoms with van der Waals surface area (Å²) in [4.78, 5) is 20.8. The van der Waals surface area contributed by atoms with Crippen LogP contribution in [0.4, 0.5) is 0 Å². The van der Waals surface area contributed by atoms with Crippen molar-refractivity contribution >= 4 is 11.9 Å². The molecule has 0 rings (SSSR count). The van der Waals surface area contributed by atoms with Gasteiger partial charge in [-0.1, -0.05) is 13.8 Å². The number of carbonyl (C=O) groups excluding carboxylic acids is 2. The molecule has 0 bridgehead atoms. The minimum absolute atomic E-state index is 0. The minimum Gasteiger partial charge on any atom is -0.512 e. The maximum atomic E-state index is 10.4. The molecular weight excluding hydrogens is 392 g/mol. The van der Waals surface area contributed by atoms with Gasteiger partial charge in [-0.15, -0.1) is 0 Å². The van der Waals surface area contributed by atoms with Gasteiger partial charge in [-0.05, 0) is 40.5 Å². The molecule has 0 aromatic carbocycles. The SMILES string of the molecule is CCCO.CCCO.CCOC(=O)C=C(C)O.CCOC(=O)C=C(C)O.[Ti]. The van der Waals surface area contributed by atoms with Gasteiger partial charge in [0.15, 0.2) is 0 Å². The average molecular weight is 428 g/mol. The number of aliphatic hydroxyl groups excluding tert-OH is 4. The molecule has 4 N–H and O–H groups in total. The quantitative estimate of drug-likeness (QED) is 0.220. The van der Waals surface area contributed by atoms with Crippen LogP contribution in [0.15, 0.2) is 23.7 Å². The molecule has 0 saturated heterocycles. The smallest absolute Gasteiger partial charge is 0.334 e. The first-order chi connectivity index (χ1) is 12.2. The van der Waals surface area contributed by atoms with Gasteiger partial charge >= 0.3 is 11.9 Å². The maximum Gasteiger partial charge on any atom is 0.334 e. The van der Waals surface area contributed by atoms with E-state index in [-0.39, 0.29) is 33.2 Å². The molecule has 8 nitrogen and oxygen atoms in total. The molecule has 0 aromatic rings. The number of aliphatic hydroxyl groups is 4. The second-order valence-corrected chi connectivity index (χ2v) is 4.52. The summed E-state index contributed by atoms with van der Waals surface area (Å²) in [5, 5.41) is 32.8. The van der Waals surface area contributed by atoms with Crippen LogP contribution < -0.4 is 0 Å². The molecule has 0 radical (unpaired) electrons. The standard InChI is InChI=1S/2C6H10O3.2C3H8O.Ti/c2*1-3-9-6(8)4-5(2)7;2*1-2-3-4;/h2*4,7H,3H2,1-2H3;2*4H,2-3H2,1H3;. The van der Waals surface area contributed by atoms with Crippen molar-refractivity contribution in [3.63, 3.8) is 0 Å². The molecule has 0 spiro atoms. The summed E-state index contributed by atoms with van der Waals surface area (Å²) < 4.78 is 8.95. The van der Waals surface area contributed by atoms with Crippen molar-refractivity contribution in [1.29, 1.82) is 0 Å². The van der Waals surface area contributed by atoms with Crippen LogP contribution >= 0.6 is 0 Å². The number of ether oxygens (including phenoxy) is 2.